The molecule has 0 bridgehead atoms. The molecule has 6 nitrogen and oxygen atoms in total. The first-order valence-corrected chi connectivity index (χ1v) is 10.3. The molecule has 2 fully saturated rings. The first kappa shape index (κ1) is 18.2. The third kappa shape index (κ3) is 3.96. The molecule has 2 atom stereocenters. The number of hydrogen-bond acceptors (Lipinski definition) is 6. The van der Waals surface area contributed by atoms with Gasteiger partial charge in [-0.25, -0.2) is 4.90 Å². The molecule has 1 aromatic rings. The zero-order chi connectivity index (χ0) is 17.0. The Balaban J connectivity index is 1.61. The lowest BCUT2D eigenvalue weighted by Gasteiger charge is -2.36. The summed E-state index contributed by atoms with van der Waals surface area (Å²) < 4.78 is -0.738. The SMILES string of the molecule is CCCCCCN1CC(O)[N+]([O-])(c2nnc(C3CCCCC3)s2)C1. The van der Waals surface area contributed by atoms with Gasteiger partial charge < -0.3 is 10.3 Å². The summed E-state index contributed by atoms with van der Waals surface area (Å²) >= 11 is 1.42. The third-order valence-electron chi connectivity index (χ3n) is 5.35. The lowest BCUT2D eigenvalue weighted by atomic mass is 9.90. The maximum atomic E-state index is 13.2. The maximum Gasteiger partial charge on any atom is 0.309 e. The summed E-state index contributed by atoms with van der Waals surface area (Å²) in [7, 11) is 0. The van der Waals surface area contributed by atoms with Crippen LogP contribution in [0.5, 0.6) is 0 Å². The summed E-state index contributed by atoms with van der Waals surface area (Å²) in [6.07, 6.45) is 9.86. The second-order valence-corrected chi connectivity index (χ2v) is 8.30. The minimum atomic E-state index is -0.941. The van der Waals surface area contributed by atoms with Crippen LogP contribution < -0.4 is 4.65 Å². The van der Waals surface area contributed by atoms with E-state index in [1.807, 2.05) is 0 Å². The van der Waals surface area contributed by atoms with E-state index in [1.54, 1.807) is 0 Å². The summed E-state index contributed by atoms with van der Waals surface area (Å²) in [5.74, 6) is 0.460. The Morgan fingerprint density at radius 1 is 1.21 bits per heavy atom. The van der Waals surface area contributed by atoms with Crippen LogP contribution in [0.25, 0.3) is 0 Å². The van der Waals surface area contributed by atoms with E-state index in [9.17, 15) is 10.3 Å². The predicted octanol–water partition coefficient (Wildman–Crippen LogP) is 3.56. The summed E-state index contributed by atoms with van der Waals surface area (Å²) in [5, 5.41) is 33.4. The number of aromatic nitrogens is 2. The van der Waals surface area contributed by atoms with E-state index >= 15 is 0 Å². The standard InChI is InChI=1S/C17H30N4O2S/c1-2-3-4-8-11-20-12-15(22)21(23,13-20)17-19-18-16(24-17)14-9-6-5-7-10-14/h14-15,22H,2-13H2,1H3. The number of quaternary nitrogens is 1. The van der Waals surface area contributed by atoms with E-state index in [4.69, 9.17) is 0 Å². The van der Waals surface area contributed by atoms with Crippen molar-refractivity contribution in [1.29, 1.82) is 0 Å². The van der Waals surface area contributed by atoms with E-state index < -0.39 is 10.9 Å². The van der Waals surface area contributed by atoms with Crippen LogP contribution in [0.15, 0.2) is 0 Å². The monoisotopic (exact) mass is 354 g/mol. The number of aliphatic hydroxyl groups is 1. The quantitative estimate of drug-likeness (QED) is 0.460. The van der Waals surface area contributed by atoms with E-state index in [-0.39, 0.29) is 0 Å². The van der Waals surface area contributed by atoms with Crippen LogP contribution in [-0.4, -0.2) is 46.2 Å². The molecule has 0 amide bonds. The fourth-order valence-electron chi connectivity index (χ4n) is 3.82. The van der Waals surface area contributed by atoms with Crippen LogP contribution in [0.4, 0.5) is 5.13 Å². The lowest BCUT2D eigenvalue weighted by molar-refractivity contribution is 0.0843. The van der Waals surface area contributed by atoms with E-state index in [0.29, 0.717) is 24.3 Å². The second kappa shape index (κ2) is 8.19. The van der Waals surface area contributed by atoms with Gasteiger partial charge in [0, 0.05) is 12.5 Å². The Morgan fingerprint density at radius 3 is 2.75 bits per heavy atom. The molecule has 1 saturated carbocycles. The average molecular weight is 355 g/mol. The normalized spacial score (nSPS) is 29.4. The van der Waals surface area contributed by atoms with Crippen molar-refractivity contribution >= 4 is 16.5 Å². The molecule has 1 aliphatic heterocycles. The third-order valence-corrected chi connectivity index (χ3v) is 6.55. The highest BCUT2D eigenvalue weighted by atomic mass is 32.1. The zero-order valence-corrected chi connectivity index (χ0v) is 15.5. The summed E-state index contributed by atoms with van der Waals surface area (Å²) in [5.41, 5.74) is 0. The van der Waals surface area contributed by atoms with Gasteiger partial charge in [0.15, 0.2) is 0 Å². The Morgan fingerprint density at radius 2 is 2.00 bits per heavy atom. The minimum absolute atomic E-state index is 0.298. The van der Waals surface area contributed by atoms with Gasteiger partial charge in [-0.3, -0.25) is 4.65 Å². The molecule has 1 saturated heterocycles. The molecule has 2 heterocycles. The molecule has 7 heteroatoms. The van der Waals surface area contributed by atoms with Crippen LogP contribution in [0.1, 0.15) is 75.6 Å². The van der Waals surface area contributed by atoms with Gasteiger partial charge in [-0.2, -0.15) is 0 Å². The van der Waals surface area contributed by atoms with Gasteiger partial charge in [0.05, 0.1) is 6.54 Å². The number of hydrogen-bond donors (Lipinski definition) is 1. The molecule has 0 spiro atoms. The molecule has 0 aromatic carbocycles. The van der Waals surface area contributed by atoms with Crippen molar-refractivity contribution in [2.24, 2.45) is 0 Å². The molecule has 1 N–H and O–H groups in total. The summed E-state index contributed by atoms with van der Waals surface area (Å²) in [6.45, 7) is 3.81. The van der Waals surface area contributed by atoms with Crippen LogP contribution >= 0.6 is 11.3 Å². The highest BCUT2D eigenvalue weighted by Crippen LogP contribution is 2.39. The first-order valence-electron chi connectivity index (χ1n) is 9.46. The van der Waals surface area contributed by atoms with Gasteiger partial charge in [-0.05, 0) is 30.6 Å². The molecule has 3 rings (SSSR count). The number of nitrogens with zero attached hydrogens (tertiary/aromatic N) is 4. The molecule has 2 unspecified atom stereocenters. The van der Waals surface area contributed by atoms with Crippen LogP contribution in [0.3, 0.4) is 0 Å². The van der Waals surface area contributed by atoms with E-state index in [0.717, 1.165) is 30.8 Å². The Hall–Kier alpha value is -0.600. The first-order chi connectivity index (χ1) is 11.6. The lowest BCUT2D eigenvalue weighted by Crippen LogP contribution is -2.48. The Bertz CT molecular complexity index is 520. The highest BCUT2D eigenvalue weighted by Gasteiger charge is 2.43. The largest absolute Gasteiger partial charge is 0.623 e. The molecular weight excluding hydrogens is 324 g/mol. The van der Waals surface area contributed by atoms with Crippen LogP contribution in [0.2, 0.25) is 0 Å². The van der Waals surface area contributed by atoms with Crippen molar-refractivity contribution in [1.82, 2.24) is 19.7 Å². The topological polar surface area (TPSA) is 72.3 Å². The maximum absolute atomic E-state index is 13.2. The zero-order valence-electron chi connectivity index (χ0n) is 14.7. The fourth-order valence-corrected chi connectivity index (χ4v) is 4.90. The Kier molecular flexibility index (Phi) is 6.21. The van der Waals surface area contributed by atoms with Gasteiger partial charge >= 0.3 is 5.13 Å². The molecule has 1 aromatic heterocycles. The second-order valence-electron chi connectivity index (χ2n) is 7.31. The van der Waals surface area contributed by atoms with Gasteiger partial charge in [-0.15, -0.1) is 5.10 Å². The molecule has 2 aliphatic rings. The van der Waals surface area contributed by atoms with Gasteiger partial charge in [0.2, 0.25) is 6.23 Å². The smallest absolute Gasteiger partial charge is 0.309 e. The summed E-state index contributed by atoms with van der Waals surface area (Å²) in [6, 6.07) is 0. The predicted molar refractivity (Wildman–Crippen MR) is 97.5 cm³/mol. The number of aliphatic hydroxyl groups excluding tert-OH is 1. The number of rotatable bonds is 7. The molecule has 1 aliphatic carbocycles. The molecule has 24 heavy (non-hydrogen) atoms. The van der Waals surface area contributed by atoms with Gasteiger partial charge in [0.25, 0.3) is 0 Å². The summed E-state index contributed by atoms with van der Waals surface area (Å²) in [4.78, 5) is 2.08. The Labute approximate surface area is 148 Å². The van der Waals surface area contributed by atoms with E-state index in [1.165, 1.54) is 49.9 Å². The number of unbranched alkanes of at least 4 members (excludes halogenated alkanes) is 3. The van der Waals surface area contributed by atoms with Crippen molar-refractivity contribution in [3.8, 4) is 0 Å². The van der Waals surface area contributed by atoms with E-state index in [2.05, 4.69) is 22.0 Å². The van der Waals surface area contributed by atoms with Crippen molar-refractivity contribution in [3.05, 3.63) is 10.2 Å². The average Bonchev–Trinajstić information content (AvgIpc) is 3.19. The van der Waals surface area contributed by atoms with Crippen molar-refractivity contribution < 1.29 is 5.11 Å². The van der Waals surface area contributed by atoms with Crippen molar-refractivity contribution in [2.75, 3.05) is 19.8 Å². The van der Waals surface area contributed by atoms with Crippen molar-refractivity contribution in [3.63, 3.8) is 0 Å². The minimum Gasteiger partial charge on any atom is -0.623 e. The number of hydroxylamine groups is 2. The van der Waals surface area contributed by atoms with Crippen molar-refractivity contribution in [2.45, 2.75) is 76.9 Å². The molecule has 0 radical (unpaired) electrons. The molecular formula is C17H30N4O2S. The highest BCUT2D eigenvalue weighted by molar-refractivity contribution is 7.15. The van der Waals surface area contributed by atoms with Crippen LogP contribution in [-0.2, 0) is 0 Å². The van der Waals surface area contributed by atoms with Gasteiger partial charge in [-0.1, -0.05) is 50.5 Å². The van der Waals surface area contributed by atoms with Gasteiger partial charge in [0.1, 0.15) is 11.7 Å². The number of β-amino-alcohol motifs (C(OH)–C–C–N with tert-alkyl or cyclic N) is 1. The van der Waals surface area contributed by atoms with Crippen LogP contribution in [0, 0.1) is 5.21 Å². The fraction of sp³-hybridized carbons (Fsp3) is 0.882. The molecule has 136 valence electrons.